The Hall–Kier alpha value is -4.16. The monoisotopic (exact) mass is 900 g/mol. The van der Waals surface area contributed by atoms with Gasteiger partial charge in [0.15, 0.2) is 5.82 Å². The Kier molecular flexibility index (Phi) is 16.7. The molecule has 2 aromatic rings. The Morgan fingerprint density at radius 2 is 1.75 bits per heavy atom. The lowest BCUT2D eigenvalue weighted by Gasteiger charge is -2.41. The molecule has 2 aliphatic heterocycles. The smallest absolute Gasteiger partial charge is 0.158 e. The molecule has 2 saturated heterocycles. The number of hydrogen-bond donors (Lipinski definition) is 1. The molecule has 1 aromatic carbocycles. The number of nitrogens with one attached hydrogen (secondary N) is 1. The summed E-state index contributed by atoms with van der Waals surface area (Å²) in [4.78, 5) is 18.0. The molecule has 7 rings (SSSR count). The van der Waals surface area contributed by atoms with E-state index in [0.717, 1.165) is 89.9 Å². The number of benzene rings is 1. The summed E-state index contributed by atoms with van der Waals surface area (Å²) in [5.74, 6) is 0.954. The van der Waals surface area contributed by atoms with Gasteiger partial charge in [0, 0.05) is 93.0 Å². The van der Waals surface area contributed by atoms with E-state index in [9.17, 15) is 0 Å². The molecule has 3 aliphatic carbocycles. The van der Waals surface area contributed by atoms with Crippen molar-refractivity contribution < 1.29 is 17.9 Å². The van der Waals surface area contributed by atoms with E-state index in [-0.39, 0.29) is 45.4 Å². The first-order valence-corrected chi connectivity index (χ1v) is 23.9. The van der Waals surface area contributed by atoms with E-state index in [1.807, 2.05) is 31.5 Å². The van der Waals surface area contributed by atoms with E-state index >= 15 is 13.2 Å². The molecule has 1 saturated carbocycles. The van der Waals surface area contributed by atoms with Gasteiger partial charge in [-0.1, -0.05) is 61.4 Å². The van der Waals surface area contributed by atoms with Crippen molar-refractivity contribution in [2.45, 2.75) is 76.4 Å². The van der Waals surface area contributed by atoms with Crippen LogP contribution in [0.15, 0.2) is 104 Å². The van der Waals surface area contributed by atoms with Crippen molar-refractivity contribution in [1.29, 1.82) is 0 Å². The minimum Gasteiger partial charge on any atom is -0.392 e. The first kappa shape index (κ1) is 47.8. The fourth-order valence-corrected chi connectivity index (χ4v) is 11.1. The third-order valence-electron chi connectivity index (χ3n) is 14.8. The van der Waals surface area contributed by atoms with Gasteiger partial charge in [-0.25, -0.2) is 23.1 Å². The number of nitrogens with zero attached hydrogens (tertiary/aromatic N) is 6. The van der Waals surface area contributed by atoms with E-state index in [1.54, 1.807) is 18.2 Å². The zero-order valence-corrected chi connectivity index (χ0v) is 38.9. The molecular formula is C52H69ClF3N7O. The highest BCUT2D eigenvalue weighted by molar-refractivity contribution is 6.33. The van der Waals surface area contributed by atoms with Crippen molar-refractivity contribution in [3.63, 3.8) is 0 Å². The molecule has 1 aromatic heterocycles. The first-order valence-electron chi connectivity index (χ1n) is 23.6. The van der Waals surface area contributed by atoms with Crippen LogP contribution in [-0.2, 0) is 4.74 Å². The van der Waals surface area contributed by atoms with Gasteiger partial charge in [-0.2, -0.15) is 0 Å². The van der Waals surface area contributed by atoms with Crippen LogP contribution < -0.4 is 10.2 Å². The van der Waals surface area contributed by atoms with Gasteiger partial charge < -0.3 is 24.8 Å². The van der Waals surface area contributed by atoms with Crippen LogP contribution in [0, 0.1) is 35.4 Å². The van der Waals surface area contributed by atoms with E-state index in [2.05, 4.69) is 68.2 Å². The third-order valence-corrected chi connectivity index (χ3v) is 15.1. The molecule has 8 nitrogen and oxygen atoms in total. The summed E-state index contributed by atoms with van der Waals surface area (Å²) in [5.41, 5.74) is 2.53. The minimum absolute atomic E-state index is 0.0136. The van der Waals surface area contributed by atoms with Gasteiger partial charge in [0.1, 0.15) is 29.3 Å². The number of fused-ring (bicyclic) bond motifs is 1. The average molecular weight is 901 g/mol. The zero-order chi connectivity index (χ0) is 45.3. The Bertz CT molecular complexity index is 2110. The summed E-state index contributed by atoms with van der Waals surface area (Å²) in [5, 5.41) is 3.78. The molecular weight excluding hydrogens is 831 g/mol. The molecule has 0 amide bonds. The molecule has 0 bridgehead atoms. The SMILES string of the molecule is C=CC1C=C(F)C=C(C2CCN(CC3CCC(CCOC4CC=CC(F)=C4c4c(Cl)cc5c(N6CCN(C=C)CC6)ncnc5c4F)CC3)CC2)C1CN(C)C(C=C)CCC(=C)NC. The fourth-order valence-electron chi connectivity index (χ4n) is 10.8. The standard InChI is InChI=1S/C52H69ClF3N7O/c1-7-38-29-40(54)30-42(44(38)33-60(6)41(8-2)18-13-35(4)57-5)39-19-22-62(23-20-39)32-37-16-14-36(15-17-37)21-28-64-47-12-10-11-46(55)49(47)48-45(53)31-43-51(50(48)56)58-34-59-52(43)63-26-24-61(9-3)25-27-63/h7-11,29-31,34,36-39,41,44,47,57H,1-4,12-28,32-33H2,5-6H3. The van der Waals surface area contributed by atoms with Crippen LogP contribution in [0.25, 0.3) is 16.5 Å². The van der Waals surface area contributed by atoms with Gasteiger partial charge >= 0.3 is 0 Å². The number of halogens is 4. The van der Waals surface area contributed by atoms with Gasteiger partial charge in [-0.15, -0.1) is 13.2 Å². The molecule has 0 radical (unpaired) electrons. The van der Waals surface area contributed by atoms with Crippen LogP contribution in [0.1, 0.15) is 69.8 Å². The number of allylic oxidation sites excluding steroid dienone is 7. The van der Waals surface area contributed by atoms with Crippen molar-refractivity contribution in [3.8, 4) is 0 Å². The second kappa shape index (κ2) is 22.4. The van der Waals surface area contributed by atoms with Crippen molar-refractivity contribution in [3.05, 3.63) is 121 Å². The fraction of sp³-hybridized carbons (Fsp3) is 0.538. The molecule has 64 heavy (non-hydrogen) atoms. The number of likely N-dealkylation sites (tertiary alicyclic amines) is 1. The van der Waals surface area contributed by atoms with Crippen molar-refractivity contribution >= 4 is 33.9 Å². The maximum Gasteiger partial charge on any atom is 0.158 e. The number of likely N-dealkylation sites (N-methyl/N-ethyl adjacent to an activating group) is 1. The first-order chi connectivity index (χ1) is 31.0. The highest BCUT2D eigenvalue weighted by Crippen LogP contribution is 2.43. The Balaban J connectivity index is 0.889. The summed E-state index contributed by atoms with van der Waals surface area (Å²) in [6.45, 7) is 23.6. The molecule has 346 valence electrons. The topological polar surface area (TPSA) is 60.0 Å². The normalized spacial score (nSPS) is 25.3. The van der Waals surface area contributed by atoms with Crippen LogP contribution in [0.5, 0.6) is 0 Å². The highest BCUT2D eigenvalue weighted by atomic mass is 35.5. The van der Waals surface area contributed by atoms with E-state index < -0.39 is 17.7 Å². The summed E-state index contributed by atoms with van der Waals surface area (Å²) < 4.78 is 53.7. The van der Waals surface area contributed by atoms with Gasteiger partial charge in [0.05, 0.1) is 11.1 Å². The average Bonchev–Trinajstić information content (AvgIpc) is 3.31. The largest absolute Gasteiger partial charge is 0.392 e. The lowest BCUT2D eigenvalue weighted by Crippen LogP contribution is -2.44. The number of rotatable bonds is 19. The maximum atomic E-state index is 16.5. The van der Waals surface area contributed by atoms with Crippen LogP contribution >= 0.6 is 11.6 Å². The van der Waals surface area contributed by atoms with E-state index in [4.69, 9.17) is 16.3 Å². The second-order valence-corrected chi connectivity index (χ2v) is 19.0. The van der Waals surface area contributed by atoms with Gasteiger partial charge in [-0.3, -0.25) is 4.90 Å². The number of anilines is 1. The van der Waals surface area contributed by atoms with Crippen molar-refractivity contribution in [1.82, 2.24) is 30.0 Å². The second-order valence-electron chi connectivity index (χ2n) is 18.6. The lowest BCUT2D eigenvalue weighted by atomic mass is 9.73. The van der Waals surface area contributed by atoms with Gasteiger partial charge in [-0.05, 0) is 120 Å². The van der Waals surface area contributed by atoms with Gasteiger partial charge in [0.25, 0.3) is 0 Å². The van der Waals surface area contributed by atoms with Crippen LogP contribution in [0.3, 0.4) is 0 Å². The van der Waals surface area contributed by atoms with E-state index in [1.165, 1.54) is 30.8 Å². The number of piperazine rings is 1. The molecule has 5 aliphatic rings. The molecule has 4 atom stereocenters. The maximum absolute atomic E-state index is 16.5. The Morgan fingerprint density at radius 1 is 1.02 bits per heavy atom. The number of hydrogen-bond acceptors (Lipinski definition) is 8. The molecule has 3 fully saturated rings. The predicted octanol–water partition coefficient (Wildman–Crippen LogP) is 10.8. The molecule has 4 unspecified atom stereocenters. The van der Waals surface area contributed by atoms with Crippen LogP contribution in [0.2, 0.25) is 5.02 Å². The summed E-state index contributed by atoms with van der Waals surface area (Å²) >= 11 is 6.83. The summed E-state index contributed by atoms with van der Waals surface area (Å²) in [7, 11) is 4.06. The van der Waals surface area contributed by atoms with E-state index in [0.29, 0.717) is 55.1 Å². The molecule has 3 heterocycles. The van der Waals surface area contributed by atoms with Crippen molar-refractivity contribution in [2.75, 3.05) is 78.0 Å². The highest BCUT2D eigenvalue weighted by Gasteiger charge is 2.35. The lowest BCUT2D eigenvalue weighted by molar-refractivity contribution is 0.0709. The predicted molar refractivity (Wildman–Crippen MR) is 258 cm³/mol. The zero-order valence-electron chi connectivity index (χ0n) is 38.1. The van der Waals surface area contributed by atoms with Crippen LogP contribution in [0.4, 0.5) is 19.0 Å². The molecule has 0 spiro atoms. The Morgan fingerprint density at radius 3 is 2.44 bits per heavy atom. The van der Waals surface area contributed by atoms with Gasteiger partial charge in [0.2, 0.25) is 0 Å². The summed E-state index contributed by atoms with van der Waals surface area (Å²) in [6, 6.07) is 1.88. The number of piperidine rings is 1. The molecule has 1 N–H and O–H groups in total. The van der Waals surface area contributed by atoms with Crippen molar-refractivity contribution in [2.24, 2.45) is 29.6 Å². The summed E-state index contributed by atoms with van der Waals surface area (Å²) in [6.07, 6.45) is 22.9. The number of aromatic nitrogens is 2. The van der Waals surface area contributed by atoms with Crippen LogP contribution in [-0.4, -0.2) is 110 Å². The minimum atomic E-state index is -0.656. The number of ether oxygens (including phenoxy) is 1. The molecule has 12 heteroatoms. The Labute approximate surface area is 385 Å². The quantitative estimate of drug-likeness (QED) is 0.140. The third kappa shape index (κ3) is 11.3.